The number of hydrogen-bond acceptors (Lipinski definition) is 4. The van der Waals surface area contributed by atoms with Crippen LogP contribution in [0.3, 0.4) is 0 Å². The zero-order valence-corrected chi connectivity index (χ0v) is 17.7. The van der Waals surface area contributed by atoms with E-state index in [1.165, 1.54) is 0 Å². The number of likely N-dealkylation sites (tertiary alicyclic amines) is 1. The van der Waals surface area contributed by atoms with Crippen molar-refractivity contribution in [2.75, 3.05) is 13.1 Å². The van der Waals surface area contributed by atoms with E-state index >= 15 is 0 Å². The number of ketones is 1. The molecule has 1 N–H and O–H groups in total. The van der Waals surface area contributed by atoms with Crippen LogP contribution in [0.25, 0.3) is 11.0 Å². The molecule has 0 unspecified atom stereocenters. The van der Waals surface area contributed by atoms with Gasteiger partial charge in [0, 0.05) is 36.7 Å². The van der Waals surface area contributed by atoms with Crippen LogP contribution in [0.5, 0.6) is 0 Å². The molecule has 1 spiro atoms. The number of nitrogens with zero attached hydrogens (tertiary/aromatic N) is 4. The average Bonchev–Trinajstić information content (AvgIpc) is 3.32. The van der Waals surface area contributed by atoms with Gasteiger partial charge in [-0.05, 0) is 63.6 Å². The van der Waals surface area contributed by atoms with Gasteiger partial charge in [-0.15, -0.1) is 0 Å². The number of benzene rings is 1. The number of carbonyl (C=O) groups is 2. The lowest BCUT2D eigenvalue weighted by atomic mass is 9.66. The highest BCUT2D eigenvalue weighted by atomic mass is 16.2. The summed E-state index contributed by atoms with van der Waals surface area (Å²) in [7, 11) is 0. The molecule has 1 aliphatic carbocycles. The smallest absolute Gasteiger partial charge is 0.253 e. The minimum Gasteiger partial charge on any atom is -0.345 e. The van der Waals surface area contributed by atoms with E-state index < -0.39 is 0 Å². The third kappa shape index (κ3) is 2.95. The van der Waals surface area contributed by atoms with E-state index in [9.17, 15) is 9.59 Å². The average molecular weight is 406 g/mol. The summed E-state index contributed by atoms with van der Waals surface area (Å²) < 4.78 is 1.89. The number of Topliss-reactive ketones (excluding diaryl/α,β-unsaturated/α-hetero) is 1. The molecule has 1 amide bonds. The Morgan fingerprint density at radius 2 is 1.97 bits per heavy atom. The van der Waals surface area contributed by atoms with Crippen molar-refractivity contribution in [1.29, 1.82) is 0 Å². The van der Waals surface area contributed by atoms with Crippen LogP contribution in [0, 0.1) is 12.3 Å². The third-order valence-electron chi connectivity index (χ3n) is 6.83. The van der Waals surface area contributed by atoms with Crippen molar-refractivity contribution in [2.45, 2.75) is 52.5 Å². The highest BCUT2D eigenvalue weighted by Crippen LogP contribution is 2.44. The molecule has 0 radical (unpaired) electrons. The number of aromatic nitrogens is 4. The van der Waals surface area contributed by atoms with Crippen LogP contribution in [0.1, 0.15) is 71.3 Å². The van der Waals surface area contributed by atoms with Gasteiger partial charge in [0.1, 0.15) is 5.69 Å². The van der Waals surface area contributed by atoms with Crippen molar-refractivity contribution in [3.05, 3.63) is 47.0 Å². The van der Waals surface area contributed by atoms with E-state index in [1.54, 1.807) is 6.33 Å². The monoisotopic (exact) mass is 405 g/mol. The van der Waals surface area contributed by atoms with Gasteiger partial charge in [0.05, 0.1) is 23.1 Å². The number of hydrogen-bond donors (Lipinski definition) is 1. The zero-order chi connectivity index (χ0) is 21.0. The SMILES string of the molecule is Cc1nn(C(C)C)c2c1CC1(CCN(C(=O)c3ccc4[nH]cnc4c3)CC1)CC2=O. The molecule has 3 aromatic rings. The normalized spacial score (nSPS) is 18.4. The Bertz CT molecular complexity index is 1150. The van der Waals surface area contributed by atoms with Crippen LogP contribution in [-0.2, 0) is 6.42 Å². The number of carbonyl (C=O) groups excluding carboxylic acids is 2. The quantitative estimate of drug-likeness (QED) is 0.705. The fourth-order valence-electron chi connectivity index (χ4n) is 5.11. The maximum Gasteiger partial charge on any atom is 0.253 e. The van der Waals surface area contributed by atoms with E-state index in [4.69, 9.17) is 0 Å². The number of aromatic amines is 1. The predicted octanol–water partition coefficient (Wildman–Crippen LogP) is 3.70. The van der Waals surface area contributed by atoms with Crippen molar-refractivity contribution >= 4 is 22.7 Å². The van der Waals surface area contributed by atoms with Gasteiger partial charge in [-0.1, -0.05) is 0 Å². The van der Waals surface area contributed by atoms with Crippen LogP contribution in [0.2, 0.25) is 0 Å². The molecule has 0 bridgehead atoms. The van der Waals surface area contributed by atoms with Crippen molar-refractivity contribution < 1.29 is 9.59 Å². The van der Waals surface area contributed by atoms with Gasteiger partial charge in [0.25, 0.3) is 5.91 Å². The molecule has 3 heterocycles. The van der Waals surface area contributed by atoms with Gasteiger partial charge < -0.3 is 9.88 Å². The standard InChI is InChI=1S/C23H27N5O2/c1-14(2)28-21-17(15(3)26-28)11-23(12-20(21)29)6-8-27(9-7-23)22(30)16-4-5-18-19(10-16)25-13-24-18/h4-5,10,13-14H,6-9,11-12H2,1-3H3,(H,24,25). The number of aryl methyl sites for hydroxylation is 1. The molecule has 1 aliphatic heterocycles. The van der Waals surface area contributed by atoms with Crippen molar-refractivity contribution in [3.63, 3.8) is 0 Å². The summed E-state index contributed by atoms with van der Waals surface area (Å²) >= 11 is 0. The van der Waals surface area contributed by atoms with E-state index in [0.717, 1.165) is 47.2 Å². The topological polar surface area (TPSA) is 83.9 Å². The fourth-order valence-corrected chi connectivity index (χ4v) is 5.11. The Morgan fingerprint density at radius 1 is 1.20 bits per heavy atom. The zero-order valence-electron chi connectivity index (χ0n) is 17.7. The lowest BCUT2D eigenvalue weighted by Crippen LogP contribution is -2.46. The van der Waals surface area contributed by atoms with E-state index in [1.807, 2.05) is 34.7 Å². The molecule has 7 nitrogen and oxygen atoms in total. The maximum absolute atomic E-state index is 13.1. The molecule has 0 atom stereocenters. The first-order valence-corrected chi connectivity index (χ1v) is 10.7. The van der Waals surface area contributed by atoms with Crippen LogP contribution in [0.4, 0.5) is 0 Å². The number of amides is 1. The van der Waals surface area contributed by atoms with Gasteiger partial charge >= 0.3 is 0 Å². The largest absolute Gasteiger partial charge is 0.345 e. The maximum atomic E-state index is 13.1. The second kappa shape index (κ2) is 6.79. The number of imidazole rings is 1. The third-order valence-corrected chi connectivity index (χ3v) is 6.83. The second-order valence-corrected chi connectivity index (χ2v) is 9.15. The van der Waals surface area contributed by atoms with Gasteiger partial charge in [-0.3, -0.25) is 14.3 Å². The lowest BCUT2D eigenvalue weighted by molar-refractivity contribution is 0.0517. The van der Waals surface area contributed by atoms with Crippen molar-refractivity contribution in [2.24, 2.45) is 5.41 Å². The first-order valence-electron chi connectivity index (χ1n) is 10.7. The summed E-state index contributed by atoms with van der Waals surface area (Å²) in [4.78, 5) is 35.4. The van der Waals surface area contributed by atoms with Gasteiger partial charge in [-0.2, -0.15) is 5.10 Å². The minimum absolute atomic E-state index is 0.0429. The summed E-state index contributed by atoms with van der Waals surface area (Å²) in [5.74, 6) is 0.246. The summed E-state index contributed by atoms with van der Waals surface area (Å²) in [6, 6.07) is 5.78. The van der Waals surface area contributed by atoms with Crippen LogP contribution in [-0.4, -0.2) is 49.4 Å². The Kier molecular flexibility index (Phi) is 4.31. The van der Waals surface area contributed by atoms with Crippen LogP contribution < -0.4 is 0 Å². The van der Waals surface area contributed by atoms with Crippen molar-refractivity contribution in [1.82, 2.24) is 24.6 Å². The Balaban J connectivity index is 1.34. The molecule has 156 valence electrons. The summed E-state index contributed by atoms with van der Waals surface area (Å²) in [6.45, 7) is 7.49. The molecular weight excluding hydrogens is 378 g/mol. The molecular formula is C23H27N5O2. The molecule has 1 saturated heterocycles. The molecule has 1 aromatic carbocycles. The Hall–Kier alpha value is -2.96. The number of piperidine rings is 1. The van der Waals surface area contributed by atoms with Crippen LogP contribution in [0.15, 0.2) is 24.5 Å². The number of rotatable bonds is 2. The highest BCUT2D eigenvalue weighted by Gasteiger charge is 2.44. The van der Waals surface area contributed by atoms with Gasteiger partial charge in [0.15, 0.2) is 5.78 Å². The van der Waals surface area contributed by atoms with Crippen LogP contribution >= 0.6 is 0 Å². The minimum atomic E-state index is -0.0530. The number of nitrogens with one attached hydrogen (secondary N) is 1. The first kappa shape index (κ1) is 19.0. The molecule has 2 aliphatic rings. The Morgan fingerprint density at radius 3 is 2.70 bits per heavy atom. The molecule has 5 rings (SSSR count). The highest BCUT2D eigenvalue weighted by molar-refractivity contribution is 5.98. The fraction of sp³-hybridized carbons (Fsp3) is 0.478. The summed E-state index contributed by atoms with van der Waals surface area (Å²) in [5, 5.41) is 4.65. The molecule has 2 aromatic heterocycles. The predicted molar refractivity (Wildman–Crippen MR) is 114 cm³/mol. The molecule has 0 saturated carbocycles. The number of fused-ring (bicyclic) bond motifs is 2. The molecule has 7 heteroatoms. The Labute approximate surface area is 175 Å². The summed E-state index contributed by atoms with van der Waals surface area (Å²) in [5.41, 5.74) is 5.24. The van der Waals surface area contributed by atoms with Gasteiger partial charge in [-0.25, -0.2) is 4.98 Å². The van der Waals surface area contributed by atoms with E-state index in [0.29, 0.717) is 25.1 Å². The summed E-state index contributed by atoms with van der Waals surface area (Å²) in [6.07, 6.45) is 4.77. The first-order chi connectivity index (χ1) is 14.4. The second-order valence-electron chi connectivity index (χ2n) is 9.15. The van der Waals surface area contributed by atoms with E-state index in [2.05, 4.69) is 28.9 Å². The van der Waals surface area contributed by atoms with Crippen molar-refractivity contribution in [3.8, 4) is 0 Å². The van der Waals surface area contributed by atoms with Gasteiger partial charge in [0.2, 0.25) is 0 Å². The van der Waals surface area contributed by atoms with E-state index in [-0.39, 0.29) is 23.1 Å². The molecule has 1 fully saturated rings. The number of H-pyrrole nitrogens is 1. The lowest BCUT2D eigenvalue weighted by Gasteiger charge is -2.43. The molecule has 30 heavy (non-hydrogen) atoms.